The second-order valence-corrected chi connectivity index (χ2v) is 12.1. The molecule has 1 atom stereocenters. The first-order valence-corrected chi connectivity index (χ1v) is 13.2. The largest absolute Gasteiger partial charge is 0.215 e. The number of nitrogens with one attached hydrogen (secondary N) is 1. The van der Waals surface area contributed by atoms with Crippen LogP contribution in [0.4, 0.5) is 0 Å². The molecule has 2 fully saturated rings. The van der Waals surface area contributed by atoms with Crippen LogP contribution in [0.25, 0.3) is 0 Å². The Morgan fingerprint density at radius 3 is 2.50 bits per heavy atom. The van der Waals surface area contributed by atoms with Gasteiger partial charge in [0.2, 0.25) is 10.0 Å². The Labute approximate surface area is 189 Å². The molecule has 2 saturated carbocycles. The van der Waals surface area contributed by atoms with E-state index in [4.69, 9.17) is 23.2 Å². The number of halogens is 2. The maximum Gasteiger partial charge on any atom is 0.215 e. The number of aryl methyl sites for hydroxylation is 1. The molecule has 1 unspecified atom stereocenters. The summed E-state index contributed by atoms with van der Waals surface area (Å²) in [5, 5.41) is 0.807. The summed E-state index contributed by atoms with van der Waals surface area (Å²) >= 11 is 12.0. The summed E-state index contributed by atoms with van der Waals surface area (Å²) in [5.74, 6) is 0.346. The quantitative estimate of drug-likeness (QED) is 0.561. The lowest BCUT2D eigenvalue weighted by molar-refractivity contribution is 0.284. The maximum absolute atomic E-state index is 12.6. The number of hydrogen-bond acceptors (Lipinski definition) is 2. The Hall–Kier alpha value is -1.07. The zero-order chi connectivity index (χ0) is 21.1. The molecule has 0 aromatic heterocycles. The van der Waals surface area contributed by atoms with Crippen LogP contribution in [0.15, 0.2) is 36.4 Å². The molecule has 0 amide bonds. The van der Waals surface area contributed by atoms with Gasteiger partial charge in [-0.05, 0) is 91.2 Å². The topological polar surface area (TPSA) is 46.2 Å². The molecule has 2 aromatic carbocycles. The third-order valence-electron chi connectivity index (χ3n) is 7.63. The van der Waals surface area contributed by atoms with Crippen LogP contribution in [0, 0.1) is 12.3 Å². The van der Waals surface area contributed by atoms with Crippen molar-refractivity contribution >= 4 is 33.2 Å². The fourth-order valence-electron chi connectivity index (χ4n) is 6.01. The highest BCUT2D eigenvalue weighted by Crippen LogP contribution is 2.76. The number of sulfonamides is 1. The maximum atomic E-state index is 12.6. The molecule has 6 heteroatoms. The molecular weight excluding hydrogens is 437 g/mol. The number of rotatable bonds is 6. The molecule has 0 aliphatic heterocycles. The van der Waals surface area contributed by atoms with Crippen molar-refractivity contribution in [1.29, 1.82) is 0 Å². The van der Waals surface area contributed by atoms with E-state index in [1.807, 2.05) is 0 Å². The van der Waals surface area contributed by atoms with Gasteiger partial charge in [0.25, 0.3) is 0 Å². The summed E-state index contributed by atoms with van der Waals surface area (Å²) in [6, 6.07) is 11.7. The Morgan fingerprint density at radius 2 is 1.83 bits per heavy atom. The third kappa shape index (κ3) is 3.50. The fraction of sp³-hybridized carbons (Fsp3) is 0.500. The minimum absolute atomic E-state index is 0.0860. The zero-order valence-corrected chi connectivity index (χ0v) is 19.5. The Bertz CT molecular complexity index is 1100. The summed E-state index contributed by atoms with van der Waals surface area (Å²) in [4.78, 5) is 0. The lowest BCUT2D eigenvalue weighted by Gasteiger charge is -2.40. The van der Waals surface area contributed by atoms with Crippen LogP contribution < -0.4 is 4.72 Å². The van der Waals surface area contributed by atoms with E-state index < -0.39 is 10.0 Å². The van der Waals surface area contributed by atoms with Gasteiger partial charge in [-0.3, -0.25) is 0 Å². The number of hydrogen-bond donors (Lipinski definition) is 1. The normalized spacial score (nSPS) is 22.8. The summed E-state index contributed by atoms with van der Waals surface area (Å²) < 4.78 is 28.0. The fourth-order valence-corrected chi connectivity index (χ4v) is 7.48. The second-order valence-electron chi connectivity index (χ2n) is 9.49. The van der Waals surface area contributed by atoms with E-state index in [0.717, 1.165) is 6.42 Å². The first-order valence-electron chi connectivity index (χ1n) is 10.8. The molecule has 3 aliphatic rings. The highest BCUT2D eigenvalue weighted by Gasteiger charge is 2.68. The van der Waals surface area contributed by atoms with Crippen molar-refractivity contribution in [2.75, 3.05) is 6.54 Å². The summed E-state index contributed by atoms with van der Waals surface area (Å²) in [5.41, 5.74) is 6.03. The van der Waals surface area contributed by atoms with Crippen molar-refractivity contribution in [3.63, 3.8) is 0 Å². The van der Waals surface area contributed by atoms with Crippen LogP contribution in [0.3, 0.4) is 0 Å². The van der Waals surface area contributed by atoms with Crippen LogP contribution in [-0.4, -0.2) is 15.0 Å². The Kier molecular flexibility index (Phi) is 5.02. The minimum atomic E-state index is -3.43. The first-order chi connectivity index (χ1) is 14.3. The SMILES string of the molecule is Cc1cccc2c1C1(CC1)C1(CC1)CC2CCNS(=O)(=O)Cc1ccc(Cl)c(Cl)c1. The van der Waals surface area contributed by atoms with Crippen LogP contribution in [-0.2, 0) is 21.2 Å². The predicted octanol–water partition coefficient (Wildman–Crippen LogP) is 6.11. The van der Waals surface area contributed by atoms with Crippen LogP contribution in [0.5, 0.6) is 0 Å². The van der Waals surface area contributed by atoms with Crippen molar-refractivity contribution in [2.45, 2.75) is 62.5 Å². The van der Waals surface area contributed by atoms with Crippen molar-refractivity contribution in [2.24, 2.45) is 5.41 Å². The van der Waals surface area contributed by atoms with Gasteiger partial charge in [-0.15, -0.1) is 0 Å². The van der Waals surface area contributed by atoms with Gasteiger partial charge < -0.3 is 0 Å². The first kappa shape index (κ1) is 20.8. The summed E-state index contributed by atoms with van der Waals surface area (Å²) in [6.45, 7) is 2.71. The van der Waals surface area contributed by atoms with E-state index in [1.54, 1.807) is 23.8 Å². The average Bonchev–Trinajstić information content (AvgIpc) is 3.58. The van der Waals surface area contributed by atoms with E-state index in [0.29, 0.717) is 38.9 Å². The average molecular weight is 464 g/mol. The molecule has 5 rings (SSSR count). The van der Waals surface area contributed by atoms with Gasteiger partial charge in [-0.25, -0.2) is 13.1 Å². The molecule has 3 nitrogen and oxygen atoms in total. The van der Waals surface area contributed by atoms with E-state index in [2.05, 4.69) is 29.8 Å². The molecule has 2 spiro atoms. The lowest BCUT2D eigenvalue weighted by atomic mass is 9.64. The van der Waals surface area contributed by atoms with E-state index >= 15 is 0 Å². The van der Waals surface area contributed by atoms with Gasteiger partial charge in [-0.2, -0.15) is 0 Å². The van der Waals surface area contributed by atoms with E-state index in [9.17, 15) is 8.42 Å². The molecule has 0 heterocycles. The van der Waals surface area contributed by atoms with E-state index in [-0.39, 0.29) is 5.75 Å². The van der Waals surface area contributed by atoms with Gasteiger partial charge in [0.1, 0.15) is 0 Å². The zero-order valence-electron chi connectivity index (χ0n) is 17.2. The molecular formula is C24H27Cl2NO2S. The molecule has 30 heavy (non-hydrogen) atoms. The molecule has 0 saturated heterocycles. The molecule has 1 N–H and O–H groups in total. The minimum Gasteiger partial charge on any atom is -0.215 e. The van der Waals surface area contributed by atoms with Crippen LogP contribution >= 0.6 is 23.2 Å². The van der Waals surface area contributed by atoms with Gasteiger partial charge in [-0.1, -0.05) is 47.5 Å². The predicted molar refractivity (Wildman–Crippen MR) is 123 cm³/mol. The monoisotopic (exact) mass is 463 g/mol. The lowest BCUT2D eigenvalue weighted by Crippen LogP contribution is -2.34. The van der Waals surface area contributed by atoms with Crippen molar-refractivity contribution in [1.82, 2.24) is 4.72 Å². The number of benzene rings is 2. The van der Waals surface area contributed by atoms with E-state index in [1.165, 1.54) is 43.2 Å². The smallest absolute Gasteiger partial charge is 0.215 e. The van der Waals surface area contributed by atoms with Gasteiger partial charge in [0.05, 0.1) is 15.8 Å². The summed E-state index contributed by atoms with van der Waals surface area (Å²) in [6.07, 6.45) is 7.37. The van der Waals surface area contributed by atoms with Gasteiger partial charge >= 0.3 is 0 Å². The second kappa shape index (κ2) is 7.23. The number of fused-ring (bicyclic) bond motifs is 3. The third-order valence-corrected chi connectivity index (χ3v) is 9.73. The molecule has 3 aliphatic carbocycles. The van der Waals surface area contributed by atoms with Crippen molar-refractivity contribution in [3.8, 4) is 0 Å². The summed E-state index contributed by atoms with van der Waals surface area (Å²) in [7, 11) is -3.43. The molecule has 0 radical (unpaired) electrons. The van der Waals surface area contributed by atoms with Crippen molar-refractivity contribution < 1.29 is 8.42 Å². The van der Waals surface area contributed by atoms with Gasteiger partial charge in [0.15, 0.2) is 0 Å². The highest BCUT2D eigenvalue weighted by atomic mass is 35.5. The Balaban J connectivity index is 1.29. The standard InChI is InChI=1S/C24H27Cl2NO2S/c1-16-3-2-4-19-18(14-23(8-9-23)24(10-11-24)22(16)19)7-12-27-30(28,29)15-17-5-6-20(25)21(26)13-17/h2-6,13,18,27H,7-12,14-15H2,1H3. The molecule has 160 valence electrons. The van der Waals surface area contributed by atoms with Crippen molar-refractivity contribution in [3.05, 3.63) is 68.7 Å². The Morgan fingerprint density at radius 1 is 1.07 bits per heavy atom. The molecule has 2 aromatic rings. The molecule has 0 bridgehead atoms. The van der Waals surface area contributed by atoms with Crippen LogP contribution in [0.2, 0.25) is 10.0 Å². The van der Waals surface area contributed by atoms with Gasteiger partial charge in [0, 0.05) is 12.0 Å². The van der Waals surface area contributed by atoms with Crippen LogP contribution in [0.1, 0.15) is 66.7 Å². The highest BCUT2D eigenvalue weighted by molar-refractivity contribution is 7.88.